The van der Waals surface area contributed by atoms with Gasteiger partial charge in [0.1, 0.15) is 0 Å². The Morgan fingerprint density at radius 2 is 2.12 bits per heavy atom. The van der Waals surface area contributed by atoms with Crippen LogP contribution in [0.15, 0.2) is 24.3 Å². The summed E-state index contributed by atoms with van der Waals surface area (Å²) < 4.78 is 0. The van der Waals surface area contributed by atoms with E-state index in [1.165, 1.54) is 37.3 Å². The summed E-state index contributed by atoms with van der Waals surface area (Å²) in [6.07, 6.45) is 3.94. The average molecular weight is 233 g/mol. The van der Waals surface area contributed by atoms with Crippen LogP contribution in [0.25, 0.3) is 0 Å². The summed E-state index contributed by atoms with van der Waals surface area (Å²) in [4.78, 5) is 0. The Kier molecular flexibility index (Phi) is 3.20. The van der Waals surface area contributed by atoms with Crippen molar-refractivity contribution in [3.05, 3.63) is 35.4 Å². The molecule has 0 amide bonds. The van der Waals surface area contributed by atoms with E-state index in [1.54, 1.807) is 11.1 Å². The van der Waals surface area contributed by atoms with E-state index >= 15 is 0 Å². The van der Waals surface area contributed by atoms with Crippen molar-refractivity contribution in [2.75, 3.05) is 18.1 Å². The van der Waals surface area contributed by atoms with Gasteiger partial charge in [-0.15, -0.1) is 0 Å². The zero-order valence-corrected chi connectivity index (χ0v) is 10.4. The topological polar surface area (TPSA) is 12.0 Å². The van der Waals surface area contributed by atoms with Gasteiger partial charge in [-0.05, 0) is 36.9 Å². The van der Waals surface area contributed by atoms with Crippen molar-refractivity contribution < 1.29 is 0 Å². The van der Waals surface area contributed by atoms with E-state index in [2.05, 4.69) is 41.3 Å². The van der Waals surface area contributed by atoms with Crippen molar-refractivity contribution in [3.63, 3.8) is 0 Å². The molecule has 2 saturated heterocycles. The summed E-state index contributed by atoms with van der Waals surface area (Å²) in [6.45, 7) is 1.21. The monoisotopic (exact) mass is 233 g/mol. The van der Waals surface area contributed by atoms with Gasteiger partial charge in [-0.3, -0.25) is 0 Å². The third kappa shape index (κ3) is 2.14. The third-order valence-electron chi connectivity index (χ3n) is 3.76. The number of thioether (sulfide) groups is 1. The van der Waals surface area contributed by atoms with Crippen LogP contribution in [-0.2, 0) is 6.42 Å². The summed E-state index contributed by atoms with van der Waals surface area (Å²) in [6, 6.07) is 9.80. The first-order chi connectivity index (χ1) is 7.93. The first-order valence-electron chi connectivity index (χ1n) is 6.32. The quantitative estimate of drug-likeness (QED) is 0.861. The summed E-state index contributed by atoms with van der Waals surface area (Å²) in [5.41, 5.74) is 3.21. The van der Waals surface area contributed by atoms with Crippen molar-refractivity contribution in [1.29, 1.82) is 0 Å². The highest BCUT2D eigenvalue weighted by molar-refractivity contribution is 8.00. The maximum Gasteiger partial charge on any atom is 0.0108 e. The molecule has 0 radical (unpaired) electrons. The maximum absolute atomic E-state index is 3.60. The van der Waals surface area contributed by atoms with E-state index in [-0.39, 0.29) is 0 Å². The van der Waals surface area contributed by atoms with Crippen LogP contribution in [0.1, 0.15) is 29.9 Å². The predicted molar refractivity (Wildman–Crippen MR) is 71.2 cm³/mol. The van der Waals surface area contributed by atoms with Gasteiger partial charge in [-0.1, -0.05) is 24.3 Å². The fourth-order valence-corrected chi connectivity index (χ4v) is 3.56. The second-order valence-corrected chi connectivity index (χ2v) is 6.01. The lowest BCUT2D eigenvalue weighted by Gasteiger charge is -2.28. The molecule has 0 spiro atoms. The van der Waals surface area contributed by atoms with Gasteiger partial charge in [0, 0.05) is 23.5 Å². The molecular formula is C14H19NS. The molecule has 1 aromatic rings. The molecule has 1 N–H and O–H groups in total. The molecule has 3 rings (SSSR count). The van der Waals surface area contributed by atoms with Gasteiger partial charge in [-0.2, -0.15) is 11.8 Å². The first kappa shape index (κ1) is 10.7. The predicted octanol–water partition coefficient (Wildman–Crippen LogP) is 2.81. The summed E-state index contributed by atoms with van der Waals surface area (Å²) in [5.74, 6) is 3.49. The zero-order valence-electron chi connectivity index (χ0n) is 9.61. The highest BCUT2D eigenvalue weighted by Gasteiger charge is 2.24. The molecule has 1 nitrogen and oxygen atoms in total. The van der Waals surface area contributed by atoms with Crippen molar-refractivity contribution in [2.24, 2.45) is 0 Å². The molecular weight excluding hydrogens is 214 g/mol. The second kappa shape index (κ2) is 4.80. The zero-order chi connectivity index (χ0) is 10.8. The normalized spacial score (nSPS) is 25.6. The van der Waals surface area contributed by atoms with Crippen molar-refractivity contribution in [2.45, 2.75) is 31.2 Å². The molecule has 1 aromatic carbocycles. The molecule has 2 heterocycles. The van der Waals surface area contributed by atoms with Crippen molar-refractivity contribution in [3.8, 4) is 0 Å². The average Bonchev–Trinajstić information content (AvgIpc) is 2.71. The lowest BCUT2D eigenvalue weighted by Crippen LogP contribution is -2.25. The minimum Gasteiger partial charge on any atom is -0.314 e. The molecule has 2 aliphatic rings. The summed E-state index contributed by atoms with van der Waals surface area (Å²) in [5, 5.41) is 3.60. The fourth-order valence-electron chi connectivity index (χ4n) is 2.73. The molecule has 0 saturated carbocycles. The fraction of sp³-hybridized carbons (Fsp3) is 0.571. The molecule has 86 valence electrons. The van der Waals surface area contributed by atoms with E-state index in [4.69, 9.17) is 0 Å². The van der Waals surface area contributed by atoms with Crippen LogP contribution < -0.4 is 5.32 Å². The van der Waals surface area contributed by atoms with E-state index in [0.29, 0.717) is 0 Å². The van der Waals surface area contributed by atoms with Gasteiger partial charge in [0.25, 0.3) is 0 Å². The van der Waals surface area contributed by atoms with Crippen LogP contribution in [0.3, 0.4) is 0 Å². The number of benzene rings is 1. The number of hydrogen-bond donors (Lipinski definition) is 1. The van der Waals surface area contributed by atoms with E-state index in [1.807, 2.05) is 0 Å². The molecule has 1 atom stereocenters. The van der Waals surface area contributed by atoms with Gasteiger partial charge < -0.3 is 5.32 Å². The van der Waals surface area contributed by atoms with E-state index < -0.39 is 0 Å². The summed E-state index contributed by atoms with van der Waals surface area (Å²) in [7, 11) is 0. The Balaban J connectivity index is 1.76. The van der Waals surface area contributed by atoms with Gasteiger partial charge in [-0.25, -0.2) is 0 Å². The molecule has 2 aliphatic heterocycles. The van der Waals surface area contributed by atoms with E-state index in [9.17, 15) is 0 Å². The molecule has 1 unspecified atom stereocenters. The van der Waals surface area contributed by atoms with Crippen molar-refractivity contribution >= 4 is 11.8 Å². The lowest BCUT2D eigenvalue weighted by atomic mass is 9.92. The van der Waals surface area contributed by atoms with E-state index in [0.717, 1.165) is 12.0 Å². The maximum atomic E-state index is 3.60. The number of hydrogen-bond acceptors (Lipinski definition) is 2. The van der Waals surface area contributed by atoms with Crippen LogP contribution in [0.5, 0.6) is 0 Å². The highest BCUT2D eigenvalue weighted by Crippen LogP contribution is 2.36. The SMILES string of the molecule is c1ccc(C2CSC2)c(CC2CCCN2)c1. The van der Waals surface area contributed by atoms with Gasteiger partial charge >= 0.3 is 0 Å². The number of rotatable bonds is 3. The third-order valence-corrected chi connectivity index (χ3v) is 5.04. The molecule has 16 heavy (non-hydrogen) atoms. The summed E-state index contributed by atoms with van der Waals surface area (Å²) >= 11 is 2.08. The second-order valence-electron chi connectivity index (χ2n) is 4.93. The Morgan fingerprint density at radius 1 is 1.25 bits per heavy atom. The lowest BCUT2D eigenvalue weighted by molar-refractivity contribution is 0.598. The van der Waals surface area contributed by atoms with Crippen LogP contribution in [0.2, 0.25) is 0 Å². The molecule has 2 fully saturated rings. The van der Waals surface area contributed by atoms with Crippen molar-refractivity contribution in [1.82, 2.24) is 5.32 Å². The van der Waals surface area contributed by atoms with Crippen LogP contribution in [0, 0.1) is 0 Å². The number of nitrogens with one attached hydrogen (secondary N) is 1. The van der Waals surface area contributed by atoms with Crippen LogP contribution in [0.4, 0.5) is 0 Å². The minimum absolute atomic E-state index is 0.730. The molecule has 0 aromatic heterocycles. The van der Waals surface area contributed by atoms with Gasteiger partial charge in [0.15, 0.2) is 0 Å². The smallest absolute Gasteiger partial charge is 0.0108 e. The Hall–Kier alpha value is -0.470. The Bertz CT molecular complexity index is 354. The molecule has 0 aliphatic carbocycles. The Morgan fingerprint density at radius 3 is 2.81 bits per heavy atom. The Labute approximate surface area is 102 Å². The van der Waals surface area contributed by atoms with Gasteiger partial charge in [0.05, 0.1) is 0 Å². The highest BCUT2D eigenvalue weighted by atomic mass is 32.2. The van der Waals surface area contributed by atoms with Crippen LogP contribution >= 0.6 is 11.8 Å². The standard InChI is InChI=1S/C14H19NS/c1-2-6-14(12-9-16-10-12)11(4-1)8-13-5-3-7-15-13/h1-2,4,6,12-13,15H,3,5,7-10H2. The largest absolute Gasteiger partial charge is 0.314 e. The minimum atomic E-state index is 0.730. The van der Waals surface area contributed by atoms with Crippen LogP contribution in [-0.4, -0.2) is 24.1 Å². The van der Waals surface area contributed by atoms with Gasteiger partial charge in [0.2, 0.25) is 0 Å². The molecule has 2 heteroatoms. The first-order valence-corrected chi connectivity index (χ1v) is 7.48. The molecule has 0 bridgehead atoms.